The third kappa shape index (κ3) is 980. The van der Waals surface area contributed by atoms with E-state index in [2.05, 4.69) is 0 Å². The van der Waals surface area contributed by atoms with Crippen LogP contribution in [0.1, 0.15) is 0 Å². The molecular weight excluding hydrogens is 316 g/mol. The molecular formula is H16O8P4S2. The fourth-order valence-electron chi connectivity index (χ4n) is 0. The quantitative estimate of drug-likeness (QED) is 0.323. The van der Waals surface area contributed by atoms with Gasteiger partial charge in [0.15, 0.2) is 0 Å². The van der Waals surface area contributed by atoms with Gasteiger partial charge in [-0.05, 0) is 0 Å². The first-order chi connectivity index (χ1) is 4.00. The van der Waals surface area contributed by atoms with Crippen LogP contribution < -0.4 is 0 Å². The summed E-state index contributed by atoms with van der Waals surface area (Å²) in [5, 5.41) is 0. The van der Waals surface area contributed by atoms with Crippen LogP contribution in [0.2, 0.25) is 0 Å². The van der Waals surface area contributed by atoms with Crippen molar-refractivity contribution in [3.05, 3.63) is 0 Å². The Hall–Kier alpha value is 1.46. The van der Waals surface area contributed by atoms with E-state index in [0.29, 0.717) is 0 Å². The van der Waals surface area contributed by atoms with Crippen molar-refractivity contribution in [2.45, 2.75) is 0 Å². The minimum atomic E-state index is -4.67. The molecule has 0 radical (unpaired) electrons. The third-order valence-corrected chi connectivity index (χ3v) is 0. The van der Waals surface area contributed by atoms with Crippen molar-refractivity contribution in [1.82, 2.24) is 0 Å². The summed E-state index contributed by atoms with van der Waals surface area (Å²) in [6.45, 7) is 0. The van der Waals surface area contributed by atoms with E-state index in [1.807, 2.05) is 0 Å². The van der Waals surface area contributed by atoms with Gasteiger partial charge in [-0.25, -0.2) is 0 Å². The average molecular weight is 332 g/mol. The first-order valence-corrected chi connectivity index (χ1v) is 4.19. The molecule has 0 aromatic carbocycles. The molecule has 0 amide bonds. The molecule has 14 heteroatoms. The molecule has 0 aliphatic heterocycles. The van der Waals surface area contributed by atoms with Gasteiger partial charge in [-0.1, -0.05) is 0 Å². The Morgan fingerprint density at radius 1 is 0.500 bits per heavy atom. The van der Waals surface area contributed by atoms with Crippen molar-refractivity contribution in [2.24, 2.45) is 0 Å². The van der Waals surface area contributed by atoms with Crippen molar-refractivity contribution in [2.75, 3.05) is 0 Å². The maximum atomic E-state index is 8.74. The molecule has 0 heterocycles. The molecule has 4 atom stereocenters. The molecule has 14 heavy (non-hydrogen) atoms. The number of hydrogen-bond donors (Lipinski definition) is 4. The lowest BCUT2D eigenvalue weighted by Gasteiger charge is -1.68. The molecule has 4 N–H and O–H groups in total. The van der Waals surface area contributed by atoms with Gasteiger partial charge in [0.2, 0.25) is 0 Å². The van der Waals surface area contributed by atoms with E-state index < -0.39 is 20.8 Å². The van der Waals surface area contributed by atoms with Gasteiger partial charge < -0.3 is 0 Å². The van der Waals surface area contributed by atoms with E-state index in [4.69, 9.17) is 35.0 Å². The van der Waals surface area contributed by atoms with Crippen LogP contribution in [0, 0.1) is 0 Å². The third-order valence-electron chi connectivity index (χ3n) is 0. The Morgan fingerprint density at radius 2 is 0.500 bits per heavy atom. The highest BCUT2D eigenvalue weighted by Gasteiger charge is 1.85. The van der Waals surface area contributed by atoms with E-state index in [-0.39, 0.29) is 39.6 Å². The highest BCUT2D eigenvalue weighted by Crippen LogP contribution is 1.59. The van der Waals surface area contributed by atoms with Crippen molar-refractivity contribution in [1.29, 1.82) is 0 Å². The Balaban J connectivity index is -0.0000000178. The molecule has 0 aromatic rings. The summed E-state index contributed by atoms with van der Waals surface area (Å²) in [5.41, 5.74) is 0. The average Bonchev–Trinajstić information content (AvgIpc) is 1.12. The lowest BCUT2D eigenvalue weighted by Crippen LogP contribution is -1.89. The summed E-state index contributed by atoms with van der Waals surface area (Å²) in [6.07, 6.45) is 0. The second-order valence-corrected chi connectivity index (χ2v) is 2.69. The molecule has 0 saturated carbocycles. The fraction of sp³-hybridized carbons (Fsp3) is 0. The molecule has 8 nitrogen and oxygen atoms in total. The molecule has 0 fully saturated rings. The molecule has 0 rings (SSSR count). The Kier molecular flexibility index (Phi) is 37.3. The number of hydrogen-bond acceptors (Lipinski definition) is 4. The highest BCUT2D eigenvalue weighted by molar-refractivity contribution is 7.80. The van der Waals surface area contributed by atoms with Crippen LogP contribution in [0.25, 0.3) is 0 Å². The maximum Gasteiger partial charge on any atom is 0.394 e. The van der Waals surface area contributed by atoms with Crippen molar-refractivity contribution < 1.29 is 35.0 Å². The predicted molar refractivity (Wildman–Crippen MR) is 72.8 cm³/mol. The first-order valence-electron chi connectivity index (χ1n) is 1.40. The van der Waals surface area contributed by atoms with Gasteiger partial charge in [0.05, 0.1) is 0 Å². The van der Waals surface area contributed by atoms with Gasteiger partial charge in [0.1, 0.15) is 0 Å². The first kappa shape index (κ1) is 36.1. The zero-order valence-electron chi connectivity index (χ0n) is 7.07. The summed E-state index contributed by atoms with van der Waals surface area (Å²) in [5.74, 6) is 0. The SMILES string of the molecule is O=S(=O)(O)O.O=S(=O)(O)O.P.P.P.P. The minimum Gasteiger partial charge on any atom is -0.264 e. The minimum absolute atomic E-state index is 0. The van der Waals surface area contributed by atoms with Crippen LogP contribution in [-0.4, -0.2) is 35.0 Å². The molecule has 0 aromatic heterocycles. The highest BCUT2D eigenvalue weighted by atomic mass is 32.3. The lowest BCUT2D eigenvalue weighted by molar-refractivity contribution is 0.378. The predicted octanol–water partition coefficient (Wildman–Crippen LogP) is -1.07. The van der Waals surface area contributed by atoms with Crippen LogP contribution in [0.5, 0.6) is 0 Å². The fourth-order valence-corrected chi connectivity index (χ4v) is 0. The summed E-state index contributed by atoms with van der Waals surface area (Å²) >= 11 is 0. The summed E-state index contributed by atoms with van der Waals surface area (Å²) in [7, 11) is -9.33. The van der Waals surface area contributed by atoms with Crippen molar-refractivity contribution in [3.8, 4) is 0 Å². The topological polar surface area (TPSA) is 149 Å². The summed E-state index contributed by atoms with van der Waals surface area (Å²) in [4.78, 5) is 0. The standard InChI is InChI=1S/2H2O4S.4H3P/c2*1-5(2,3)4;;;;/h2*(H2,1,2,3,4);4*1H3. The van der Waals surface area contributed by atoms with E-state index in [1.54, 1.807) is 0 Å². The second-order valence-electron chi connectivity index (χ2n) is 0.896. The molecule has 0 spiro atoms. The largest absolute Gasteiger partial charge is 0.394 e. The molecule has 0 aliphatic rings. The zero-order valence-corrected chi connectivity index (χ0v) is 14.4. The lowest BCUT2D eigenvalue weighted by atomic mass is 15.8. The van der Waals surface area contributed by atoms with E-state index in [1.165, 1.54) is 0 Å². The maximum absolute atomic E-state index is 8.74. The zero-order chi connectivity index (χ0) is 9.00. The van der Waals surface area contributed by atoms with E-state index >= 15 is 0 Å². The van der Waals surface area contributed by atoms with Crippen LogP contribution in [0.3, 0.4) is 0 Å². The monoisotopic (exact) mass is 332 g/mol. The van der Waals surface area contributed by atoms with E-state index in [0.717, 1.165) is 0 Å². The molecule has 96 valence electrons. The van der Waals surface area contributed by atoms with Gasteiger partial charge in [0, 0.05) is 0 Å². The Labute approximate surface area is 95.6 Å². The molecule has 4 unspecified atom stereocenters. The Bertz CT molecular complexity index is 216. The van der Waals surface area contributed by atoms with E-state index in [9.17, 15) is 0 Å². The van der Waals surface area contributed by atoms with Crippen LogP contribution in [0.15, 0.2) is 0 Å². The summed E-state index contributed by atoms with van der Waals surface area (Å²) < 4.78 is 63.2. The van der Waals surface area contributed by atoms with Crippen molar-refractivity contribution in [3.63, 3.8) is 0 Å². The smallest absolute Gasteiger partial charge is 0.264 e. The van der Waals surface area contributed by atoms with Crippen LogP contribution >= 0.6 is 39.6 Å². The molecule has 0 bridgehead atoms. The molecule has 0 aliphatic carbocycles. The summed E-state index contributed by atoms with van der Waals surface area (Å²) in [6, 6.07) is 0. The second kappa shape index (κ2) is 14.5. The van der Waals surface area contributed by atoms with Crippen LogP contribution in [0.4, 0.5) is 0 Å². The number of rotatable bonds is 0. The Morgan fingerprint density at radius 3 is 0.500 bits per heavy atom. The van der Waals surface area contributed by atoms with Gasteiger partial charge >= 0.3 is 20.8 Å². The normalized spacial score (nSPS) is 8.29. The van der Waals surface area contributed by atoms with Crippen LogP contribution in [-0.2, 0) is 20.8 Å². The van der Waals surface area contributed by atoms with Gasteiger partial charge in [-0.3, -0.25) is 18.2 Å². The molecule has 0 saturated heterocycles. The van der Waals surface area contributed by atoms with Gasteiger partial charge in [0.25, 0.3) is 0 Å². The van der Waals surface area contributed by atoms with Gasteiger partial charge in [-0.2, -0.15) is 56.4 Å². The van der Waals surface area contributed by atoms with Gasteiger partial charge in [-0.15, -0.1) is 0 Å². The van der Waals surface area contributed by atoms with Crippen molar-refractivity contribution >= 4 is 60.4 Å².